The van der Waals surface area contributed by atoms with Crippen molar-refractivity contribution in [1.82, 2.24) is 4.98 Å². The molecule has 0 unspecified atom stereocenters. The molecule has 0 saturated heterocycles. The monoisotopic (exact) mass is 241 g/mol. The lowest BCUT2D eigenvalue weighted by Crippen LogP contribution is -1.99. The Balaban J connectivity index is 1.97. The summed E-state index contributed by atoms with van der Waals surface area (Å²) < 4.78 is 0. The standard InChI is InChI=1S/C16H19NO/c1-3-12(2)16(18)10-6-7-13-11-17-15-9-5-4-8-14(13)15/h3-5,8-9,11,17H,6-7,10H2,1-2H3/b12-3+. The van der Waals surface area contributed by atoms with Crippen molar-refractivity contribution in [3.05, 3.63) is 47.7 Å². The Hall–Kier alpha value is -1.83. The highest BCUT2D eigenvalue weighted by Crippen LogP contribution is 2.19. The number of aryl methyl sites for hydroxylation is 1. The Labute approximate surface area is 108 Å². The number of carbonyl (C=O) groups excluding carboxylic acids is 1. The molecule has 1 aromatic heterocycles. The normalized spacial score (nSPS) is 12.0. The average Bonchev–Trinajstić information content (AvgIpc) is 2.81. The van der Waals surface area contributed by atoms with Gasteiger partial charge in [0.15, 0.2) is 5.78 Å². The van der Waals surface area contributed by atoms with E-state index in [0.29, 0.717) is 6.42 Å². The number of hydrogen-bond donors (Lipinski definition) is 1. The Bertz CT molecular complexity index is 578. The molecule has 0 saturated carbocycles. The minimum absolute atomic E-state index is 0.261. The van der Waals surface area contributed by atoms with Gasteiger partial charge in [-0.2, -0.15) is 0 Å². The first-order valence-electron chi connectivity index (χ1n) is 6.43. The van der Waals surface area contributed by atoms with Crippen LogP contribution >= 0.6 is 0 Å². The Morgan fingerprint density at radius 3 is 2.89 bits per heavy atom. The van der Waals surface area contributed by atoms with Crippen molar-refractivity contribution >= 4 is 16.7 Å². The van der Waals surface area contributed by atoms with E-state index in [2.05, 4.69) is 29.4 Å². The first-order chi connectivity index (χ1) is 8.72. The van der Waals surface area contributed by atoms with Crippen molar-refractivity contribution in [1.29, 1.82) is 0 Å². The Morgan fingerprint density at radius 1 is 1.33 bits per heavy atom. The third-order valence-corrected chi connectivity index (χ3v) is 3.40. The number of rotatable bonds is 5. The van der Waals surface area contributed by atoms with Gasteiger partial charge >= 0.3 is 0 Å². The maximum atomic E-state index is 11.7. The van der Waals surface area contributed by atoms with Gasteiger partial charge in [0, 0.05) is 23.5 Å². The number of nitrogens with one attached hydrogen (secondary N) is 1. The number of ketones is 1. The van der Waals surface area contributed by atoms with Crippen LogP contribution in [-0.2, 0) is 11.2 Å². The molecule has 0 radical (unpaired) electrons. The molecule has 0 amide bonds. The number of benzene rings is 1. The molecule has 94 valence electrons. The molecule has 2 nitrogen and oxygen atoms in total. The smallest absolute Gasteiger partial charge is 0.158 e. The fourth-order valence-corrected chi connectivity index (χ4v) is 2.14. The quantitative estimate of drug-likeness (QED) is 0.788. The average molecular weight is 241 g/mol. The molecule has 0 aliphatic carbocycles. The lowest BCUT2D eigenvalue weighted by molar-refractivity contribution is -0.115. The largest absolute Gasteiger partial charge is 0.361 e. The van der Waals surface area contributed by atoms with E-state index in [1.807, 2.05) is 26.0 Å². The maximum Gasteiger partial charge on any atom is 0.158 e. The van der Waals surface area contributed by atoms with Crippen LogP contribution in [0.3, 0.4) is 0 Å². The Kier molecular flexibility index (Phi) is 3.98. The number of fused-ring (bicyclic) bond motifs is 1. The maximum absolute atomic E-state index is 11.7. The van der Waals surface area contributed by atoms with E-state index in [4.69, 9.17) is 0 Å². The minimum atomic E-state index is 0.261. The van der Waals surface area contributed by atoms with Crippen molar-refractivity contribution in [2.24, 2.45) is 0 Å². The van der Waals surface area contributed by atoms with Crippen LogP contribution < -0.4 is 0 Å². The number of H-pyrrole nitrogens is 1. The van der Waals surface area contributed by atoms with Crippen molar-refractivity contribution in [3.8, 4) is 0 Å². The second-order valence-electron chi connectivity index (χ2n) is 4.61. The summed E-state index contributed by atoms with van der Waals surface area (Å²) in [6.07, 6.45) is 6.43. The van der Waals surface area contributed by atoms with E-state index < -0.39 is 0 Å². The fourth-order valence-electron chi connectivity index (χ4n) is 2.14. The number of carbonyl (C=O) groups is 1. The van der Waals surface area contributed by atoms with Crippen LogP contribution in [0, 0.1) is 0 Å². The molecule has 1 aromatic carbocycles. The van der Waals surface area contributed by atoms with Crippen molar-refractivity contribution in [3.63, 3.8) is 0 Å². The molecule has 0 bridgehead atoms. The van der Waals surface area contributed by atoms with E-state index in [0.717, 1.165) is 18.4 Å². The zero-order chi connectivity index (χ0) is 13.0. The number of Topliss-reactive ketones (excluding diaryl/α,β-unsaturated/α-hetero) is 1. The third kappa shape index (κ3) is 2.70. The van der Waals surface area contributed by atoms with Gasteiger partial charge in [0.1, 0.15) is 0 Å². The molecule has 0 fully saturated rings. The highest BCUT2D eigenvalue weighted by Gasteiger charge is 2.06. The van der Waals surface area contributed by atoms with E-state index >= 15 is 0 Å². The van der Waals surface area contributed by atoms with Gasteiger partial charge in [-0.1, -0.05) is 24.3 Å². The molecule has 2 heteroatoms. The second kappa shape index (κ2) is 5.67. The summed E-state index contributed by atoms with van der Waals surface area (Å²) in [6, 6.07) is 8.28. The first kappa shape index (κ1) is 12.6. The number of para-hydroxylation sites is 1. The molecule has 2 aromatic rings. The first-order valence-corrected chi connectivity index (χ1v) is 6.43. The fraction of sp³-hybridized carbons (Fsp3) is 0.312. The summed E-state index contributed by atoms with van der Waals surface area (Å²) in [6.45, 7) is 3.79. The van der Waals surface area contributed by atoms with Gasteiger partial charge in [0.2, 0.25) is 0 Å². The Morgan fingerprint density at radius 2 is 2.11 bits per heavy atom. The molecule has 0 aliphatic heterocycles. The molecule has 0 spiro atoms. The van der Waals surface area contributed by atoms with Crippen LogP contribution in [0.5, 0.6) is 0 Å². The van der Waals surface area contributed by atoms with Gasteiger partial charge in [-0.3, -0.25) is 4.79 Å². The van der Waals surface area contributed by atoms with Crippen LogP contribution in [0.4, 0.5) is 0 Å². The topological polar surface area (TPSA) is 32.9 Å². The van der Waals surface area contributed by atoms with E-state index in [1.165, 1.54) is 16.5 Å². The number of allylic oxidation sites excluding steroid dienone is 2. The highest BCUT2D eigenvalue weighted by molar-refractivity contribution is 5.94. The van der Waals surface area contributed by atoms with E-state index in [9.17, 15) is 4.79 Å². The zero-order valence-corrected chi connectivity index (χ0v) is 11.0. The summed E-state index contributed by atoms with van der Waals surface area (Å²) in [7, 11) is 0. The molecular weight excluding hydrogens is 222 g/mol. The van der Waals surface area contributed by atoms with Crippen LogP contribution in [-0.4, -0.2) is 10.8 Å². The van der Waals surface area contributed by atoms with Gasteiger partial charge in [0.25, 0.3) is 0 Å². The van der Waals surface area contributed by atoms with Crippen LogP contribution in [0.15, 0.2) is 42.1 Å². The van der Waals surface area contributed by atoms with Crippen LogP contribution in [0.1, 0.15) is 32.3 Å². The lowest BCUT2D eigenvalue weighted by Gasteiger charge is -2.01. The summed E-state index contributed by atoms with van der Waals surface area (Å²) in [5, 5.41) is 1.27. The van der Waals surface area contributed by atoms with Gasteiger partial charge in [-0.05, 0) is 43.9 Å². The molecule has 1 heterocycles. The number of aromatic nitrogens is 1. The van der Waals surface area contributed by atoms with Crippen molar-refractivity contribution in [2.45, 2.75) is 33.1 Å². The number of aromatic amines is 1. The van der Waals surface area contributed by atoms with Crippen molar-refractivity contribution in [2.75, 3.05) is 0 Å². The van der Waals surface area contributed by atoms with Crippen LogP contribution in [0.2, 0.25) is 0 Å². The summed E-state index contributed by atoms with van der Waals surface area (Å²) >= 11 is 0. The minimum Gasteiger partial charge on any atom is -0.361 e. The zero-order valence-electron chi connectivity index (χ0n) is 11.0. The molecule has 1 N–H and O–H groups in total. The molecule has 2 rings (SSSR count). The molecular formula is C16H19NO. The van der Waals surface area contributed by atoms with Gasteiger partial charge in [0.05, 0.1) is 0 Å². The molecule has 0 atom stereocenters. The number of hydrogen-bond acceptors (Lipinski definition) is 1. The van der Waals surface area contributed by atoms with Crippen LogP contribution in [0.25, 0.3) is 10.9 Å². The lowest BCUT2D eigenvalue weighted by atomic mass is 10.0. The van der Waals surface area contributed by atoms with Gasteiger partial charge < -0.3 is 4.98 Å². The predicted octanol–water partition coefficient (Wildman–Crippen LogP) is 4.03. The van der Waals surface area contributed by atoms with Crippen molar-refractivity contribution < 1.29 is 4.79 Å². The SMILES string of the molecule is C/C=C(\C)C(=O)CCCc1c[nH]c2ccccc12. The molecule has 18 heavy (non-hydrogen) atoms. The summed E-state index contributed by atoms with van der Waals surface area (Å²) in [4.78, 5) is 15.0. The van der Waals surface area contributed by atoms with Gasteiger partial charge in [-0.15, -0.1) is 0 Å². The predicted molar refractivity (Wildman–Crippen MR) is 75.7 cm³/mol. The van der Waals surface area contributed by atoms with E-state index in [-0.39, 0.29) is 5.78 Å². The second-order valence-corrected chi connectivity index (χ2v) is 4.61. The summed E-state index contributed by atoms with van der Waals surface area (Å²) in [5.74, 6) is 0.261. The molecule has 0 aliphatic rings. The van der Waals surface area contributed by atoms with Gasteiger partial charge in [-0.25, -0.2) is 0 Å². The van der Waals surface area contributed by atoms with E-state index in [1.54, 1.807) is 0 Å². The highest BCUT2D eigenvalue weighted by atomic mass is 16.1. The summed E-state index contributed by atoms with van der Waals surface area (Å²) in [5.41, 5.74) is 3.34. The third-order valence-electron chi connectivity index (χ3n) is 3.40.